The van der Waals surface area contributed by atoms with Gasteiger partial charge in [-0.2, -0.15) is 8.78 Å². The maximum atomic E-state index is 12.5. The molecule has 0 aliphatic carbocycles. The molecule has 0 bridgehead atoms. The normalized spacial score (nSPS) is 11.5. The molecule has 0 aliphatic rings. The maximum Gasteiger partial charge on any atom is 0.340 e. The summed E-state index contributed by atoms with van der Waals surface area (Å²) in [4.78, 5) is 22.8. The number of esters is 2. The quantitative estimate of drug-likeness (QED) is 0.372. The van der Waals surface area contributed by atoms with Crippen LogP contribution in [0.3, 0.4) is 0 Å². The Morgan fingerprint density at radius 3 is 2.17 bits per heavy atom. The van der Waals surface area contributed by atoms with E-state index >= 15 is 0 Å². The average Bonchev–Trinajstić information content (AvgIpc) is 2.49. The van der Waals surface area contributed by atoms with Gasteiger partial charge in [-0.15, -0.1) is 0 Å². The molecular formula is C14H12Cl2F4O4. The number of rotatable bonds is 8. The van der Waals surface area contributed by atoms with Gasteiger partial charge in [0.15, 0.2) is 12.4 Å². The predicted octanol–water partition coefficient (Wildman–Crippen LogP) is 4.51. The van der Waals surface area contributed by atoms with Gasteiger partial charge in [0.2, 0.25) is 0 Å². The molecule has 0 aliphatic heterocycles. The van der Waals surface area contributed by atoms with Crippen LogP contribution in [0.2, 0.25) is 10.0 Å². The first-order valence-corrected chi connectivity index (χ1v) is 7.35. The van der Waals surface area contributed by atoms with Gasteiger partial charge in [0.1, 0.15) is 0 Å². The van der Waals surface area contributed by atoms with Crippen molar-refractivity contribution >= 4 is 35.1 Å². The highest BCUT2D eigenvalue weighted by atomic mass is 35.5. The first-order chi connectivity index (χ1) is 11.1. The van der Waals surface area contributed by atoms with Crippen molar-refractivity contribution in [2.24, 2.45) is 0 Å². The molecule has 1 aromatic rings. The van der Waals surface area contributed by atoms with Crippen molar-refractivity contribution in [2.45, 2.75) is 31.6 Å². The van der Waals surface area contributed by atoms with Crippen LogP contribution >= 0.6 is 23.2 Å². The average molecular weight is 391 g/mol. The van der Waals surface area contributed by atoms with Crippen molar-refractivity contribution in [3.63, 3.8) is 0 Å². The largest absolute Gasteiger partial charge is 0.459 e. The van der Waals surface area contributed by atoms with E-state index in [1.165, 1.54) is 12.1 Å². The molecule has 0 atom stereocenters. The van der Waals surface area contributed by atoms with E-state index in [1.807, 2.05) is 0 Å². The van der Waals surface area contributed by atoms with E-state index in [4.69, 9.17) is 27.9 Å². The molecule has 0 radical (unpaired) electrons. The fourth-order valence-electron chi connectivity index (χ4n) is 1.43. The zero-order chi connectivity index (χ0) is 18.3. The lowest BCUT2D eigenvalue weighted by atomic mass is 10.2. The third kappa shape index (κ3) is 6.52. The topological polar surface area (TPSA) is 52.6 Å². The molecule has 0 spiro atoms. The van der Waals surface area contributed by atoms with E-state index in [0.29, 0.717) is 0 Å². The van der Waals surface area contributed by atoms with Gasteiger partial charge >= 0.3 is 24.3 Å². The Hall–Kier alpha value is -1.54. The smallest absolute Gasteiger partial charge is 0.340 e. The van der Waals surface area contributed by atoms with Gasteiger partial charge in [0.05, 0.1) is 10.0 Å². The number of carbonyl (C=O) groups excluding carboxylic acids is 2. The van der Waals surface area contributed by atoms with Crippen molar-refractivity contribution in [3.8, 4) is 5.75 Å². The minimum absolute atomic E-state index is 0.0371. The van der Waals surface area contributed by atoms with Gasteiger partial charge < -0.3 is 9.47 Å². The molecule has 1 aromatic carbocycles. The molecule has 0 saturated carbocycles. The minimum atomic E-state index is -4.41. The molecule has 134 valence electrons. The van der Waals surface area contributed by atoms with Crippen LogP contribution < -0.4 is 4.74 Å². The van der Waals surface area contributed by atoms with Crippen molar-refractivity contribution in [1.29, 1.82) is 0 Å². The number of para-hydroxylation sites is 1. The highest BCUT2D eigenvalue weighted by Gasteiger charge is 2.42. The van der Waals surface area contributed by atoms with E-state index in [9.17, 15) is 27.2 Å². The van der Waals surface area contributed by atoms with E-state index in [-0.39, 0.29) is 28.6 Å². The van der Waals surface area contributed by atoms with Crippen LogP contribution in [0, 0.1) is 0 Å². The molecule has 4 nitrogen and oxygen atoms in total. The predicted molar refractivity (Wildman–Crippen MR) is 77.9 cm³/mol. The number of halogens is 6. The Balaban J connectivity index is 2.34. The lowest BCUT2D eigenvalue weighted by molar-refractivity contribution is -0.179. The summed E-state index contributed by atoms with van der Waals surface area (Å²) in [6.07, 6.45) is -4.67. The van der Waals surface area contributed by atoms with Crippen LogP contribution in [0.5, 0.6) is 5.75 Å². The molecule has 0 fully saturated rings. The number of alkyl halides is 4. The summed E-state index contributed by atoms with van der Waals surface area (Å²) < 4.78 is 57.8. The Morgan fingerprint density at radius 2 is 1.62 bits per heavy atom. The van der Waals surface area contributed by atoms with Crippen molar-refractivity contribution in [3.05, 3.63) is 28.2 Å². The summed E-state index contributed by atoms with van der Waals surface area (Å²) in [6.45, 7) is -1.72. The van der Waals surface area contributed by atoms with Crippen LogP contribution in [0.15, 0.2) is 18.2 Å². The van der Waals surface area contributed by atoms with Crippen LogP contribution in [0.1, 0.15) is 19.3 Å². The summed E-state index contributed by atoms with van der Waals surface area (Å²) in [5, 5.41) is 0.231. The molecule has 24 heavy (non-hydrogen) atoms. The monoisotopic (exact) mass is 390 g/mol. The van der Waals surface area contributed by atoms with Gasteiger partial charge in [-0.05, 0) is 18.6 Å². The van der Waals surface area contributed by atoms with Crippen LogP contribution in [-0.4, -0.2) is 30.9 Å². The van der Waals surface area contributed by atoms with Crippen LogP contribution in [-0.2, 0) is 14.3 Å². The molecule has 0 saturated heterocycles. The lowest BCUT2D eigenvalue weighted by Gasteiger charge is -2.14. The standard InChI is InChI=1S/C14H12Cl2F4O4/c15-8-3-1-4-9(16)12(8)24-11(22)6-2-5-10(21)23-7-14(19,20)13(17)18/h1,3-4,13H,2,5-7H2. The highest BCUT2D eigenvalue weighted by molar-refractivity contribution is 6.37. The third-order valence-corrected chi connectivity index (χ3v) is 3.24. The Kier molecular flexibility index (Phi) is 7.75. The van der Waals surface area contributed by atoms with E-state index in [1.54, 1.807) is 6.07 Å². The maximum absolute atomic E-state index is 12.5. The first kappa shape index (κ1) is 20.5. The number of ether oxygens (including phenoxy) is 2. The van der Waals surface area contributed by atoms with Crippen LogP contribution in [0.25, 0.3) is 0 Å². The third-order valence-electron chi connectivity index (χ3n) is 2.64. The fourth-order valence-corrected chi connectivity index (χ4v) is 1.91. The molecule has 0 heterocycles. The Bertz CT molecular complexity index is 576. The van der Waals surface area contributed by atoms with Gasteiger partial charge in [0, 0.05) is 12.8 Å². The summed E-state index contributed by atoms with van der Waals surface area (Å²) in [6, 6.07) is 4.46. The first-order valence-electron chi connectivity index (χ1n) is 6.60. The molecule has 0 unspecified atom stereocenters. The number of hydrogen-bond donors (Lipinski definition) is 0. The van der Waals surface area contributed by atoms with E-state index < -0.39 is 37.3 Å². The second kappa shape index (κ2) is 9.08. The molecule has 10 heteroatoms. The van der Waals surface area contributed by atoms with E-state index in [0.717, 1.165) is 0 Å². The Morgan fingerprint density at radius 1 is 1.08 bits per heavy atom. The zero-order valence-corrected chi connectivity index (χ0v) is 13.6. The van der Waals surface area contributed by atoms with Crippen molar-refractivity contribution < 1.29 is 36.6 Å². The summed E-state index contributed by atoms with van der Waals surface area (Å²) in [7, 11) is 0. The second-order valence-corrected chi connectivity index (χ2v) is 5.42. The fraction of sp³-hybridized carbons (Fsp3) is 0.429. The van der Waals surface area contributed by atoms with Crippen molar-refractivity contribution in [2.75, 3.05) is 6.61 Å². The van der Waals surface area contributed by atoms with Gasteiger partial charge in [0.25, 0.3) is 0 Å². The highest BCUT2D eigenvalue weighted by Crippen LogP contribution is 2.32. The molecule has 0 amide bonds. The molecule has 0 aromatic heterocycles. The summed E-state index contributed by atoms with van der Waals surface area (Å²) in [5.74, 6) is -6.32. The van der Waals surface area contributed by atoms with Gasteiger partial charge in [-0.25, -0.2) is 8.78 Å². The molecule has 1 rings (SSSR count). The van der Waals surface area contributed by atoms with Gasteiger partial charge in [-0.1, -0.05) is 29.3 Å². The van der Waals surface area contributed by atoms with E-state index in [2.05, 4.69) is 4.74 Å². The number of benzene rings is 1. The van der Waals surface area contributed by atoms with Crippen molar-refractivity contribution in [1.82, 2.24) is 0 Å². The molecule has 0 N–H and O–H groups in total. The van der Waals surface area contributed by atoms with Gasteiger partial charge in [-0.3, -0.25) is 9.59 Å². The Labute approximate surface area is 144 Å². The summed E-state index contributed by atoms with van der Waals surface area (Å²) >= 11 is 11.6. The molecular weight excluding hydrogens is 379 g/mol. The lowest BCUT2D eigenvalue weighted by Crippen LogP contribution is -2.33. The minimum Gasteiger partial charge on any atom is -0.459 e. The SMILES string of the molecule is O=C(CCCC(=O)Oc1c(Cl)cccc1Cl)OCC(F)(F)C(F)F. The number of carbonyl (C=O) groups is 2. The van der Waals surface area contributed by atoms with Crippen LogP contribution in [0.4, 0.5) is 17.6 Å². The second-order valence-electron chi connectivity index (χ2n) is 4.60. The number of hydrogen-bond acceptors (Lipinski definition) is 4. The zero-order valence-electron chi connectivity index (χ0n) is 12.0. The summed E-state index contributed by atoms with van der Waals surface area (Å²) in [5.41, 5.74) is 0.